The summed E-state index contributed by atoms with van der Waals surface area (Å²) in [7, 11) is -1.89. The van der Waals surface area contributed by atoms with Crippen molar-refractivity contribution in [2.75, 3.05) is 63.6 Å². The number of anilines is 3. The molecule has 0 spiro atoms. The first-order valence-electron chi connectivity index (χ1n) is 18.2. The minimum atomic E-state index is -3.62. The van der Waals surface area contributed by atoms with Crippen LogP contribution < -0.4 is 26.8 Å². The molecule has 292 valence electrons. The summed E-state index contributed by atoms with van der Waals surface area (Å²) in [4.78, 5) is 30.1. The van der Waals surface area contributed by atoms with Gasteiger partial charge >= 0.3 is 5.69 Å². The van der Waals surface area contributed by atoms with Crippen molar-refractivity contribution in [1.29, 1.82) is 0 Å². The average molecular weight is 773 g/mol. The summed E-state index contributed by atoms with van der Waals surface area (Å²) in [6.07, 6.45) is 5.55. The summed E-state index contributed by atoms with van der Waals surface area (Å²) in [5.74, 6) is 0.00396. The molecule has 0 aliphatic carbocycles. The Hall–Kier alpha value is -5.22. The van der Waals surface area contributed by atoms with Crippen LogP contribution in [0.1, 0.15) is 36.4 Å². The molecule has 1 saturated heterocycles. The zero-order valence-electron chi connectivity index (χ0n) is 31.4. The molecular formula is C40H48N6O8S. The molecule has 4 N–H and O–H groups in total. The molecule has 1 atom stereocenters. The maximum atomic E-state index is 13.0. The number of carbonyl (C=O) groups is 1. The molecule has 3 aromatic carbocycles. The van der Waals surface area contributed by atoms with Crippen molar-refractivity contribution in [3.05, 3.63) is 94.7 Å². The molecule has 15 heteroatoms. The van der Waals surface area contributed by atoms with Crippen LogP contribution in [0.3, 0.4) is 0 Å². The van der Waals surface area contributed by atoms with Gasteiger partial charge in [0.15, 0.2) is 9.84 Å². The topological polar surface area (TPSA) is 178 Å². The van der Waals surface area contributed by atoms with E-state index in [0.717, 1.165) is 46.9 Å². The number of hydrogen-bond acceptors (Lipinski definition) is 11. The minimum absolute atomic E-state index is 0.0597. The molecule has 0 bridgehead atoms. The van der Waals surface area contributed by atoms with Gasteiger partial charge in [-0.15, -0.1) is 0 Å². The van der Waals surface area contributed by atoms with Gasteiger partial charge in [-0.2, -0.15) is 0 Å². The number of pyridine rings is 1. The Morgan fingerprint density at radius 2 is 1.67 bits per heavy atom. The van der Waals surface area contributed by atoms with E-state index >= 15 is 0 Å². The lowest BCUT2D eigenvalue weighted by Gasteiger charge is -2.24. The van der Waals surface area contributed by atoms with Crippen molar-refractivity contribution in [2.24, 2.45) is 7.05 Å². The SMILES string of the molecule is C=C1CCC(n2c(=O)n(C)c3cc(CCCOCCOCCOCCOc4cc5nccc(Nc6ccc(C)c(N)c6)c5cc4S(C)(=O)=O)ccc32)C(=O)N1. The summed E-state index contributed by atoms with van der Waals surface area (Å²) in [6.45, 7) is 8.26. The Morgan fingerprint density at radius 3 is 2.38 bits per heavy atom. The number of hydrogen-bond donors (Lipinski definition) is 3. The van der Waals surface area contributed by atoms with E-state index in [4.69, 9.17) is 24.7 Å². The number of allylic oxidation sites excluding steroid dienone is 1. The van der Waals surface area contributed by atoms with E-state index in [0.29, 0.717) is 73.9 Å². The minimum Gasteiger partial charge on any atom is -0.490 e. The average Bonchev–Trinajstić information content (AvgIpc) is 3.39. The third-order valence-corrected chi connectivity index (χ3v) is 10.7. The monoisotopic (exact) mass is 772 g/mol. The zero-order valence-corrected chi connectivity index (χ0v) is 32.2. The van der Waals surface area contributed by atoms with E-state index in [1.165, 1.54) is 0 Å². The van der Waals surface area contributed by atoms with Crippen LogP contribution in [0.4, 0.5) is 17.1 Å². The Kier molecular flexibility index (Phi) is 12.6. The lowest BCUT2D eigenvalue weighted by Crippen LogP contribution is -2.40. The second-order valence-corrected chi connectivity index (χ2v) is 15.6. The van der Waals surface area contributed by atoms with Crippen LogP contribution in [0.5, 0.6) is 5.75 Å². The van der Waals surface area contributed by atoms with Crippen LogP contribution in [0.2, 0.25) is 0 Å². The first-order valence-corrected chi connectivity index (χ1v) is 20.1. The number of nitrogens with one attached hydrogen (secondary N) is 2. The molecule has 1 aliphatic heterocycles. The number of nitrogen functional groups attached to an aromatic ring is 1. The molecule has 6 rings (SSSR count). The Bertz CT molecular complexity index is 2370. The zero-order chi connectivity index (χ0) is 39.1. The van der Waals surface area contributed by atoms with Gasteiger partial charge in [-0.1, -0.05) is 18.7 Å². The van der Waals surface area contributed by atoms with Gasteiger partial charge in [0, 0.05) is 60.3 Å². The highest BCUT2D eigenvalue weighted by Crippen LogP contribution is 2.34. The molecule has 2 aromatic heterocycles. The fourth-order valence-electron chi connectivity index (χ4n) is 6.54. The molecule has 3 heterocycles. The van der Waals surface area contributed by atoms with Gasteiger partial charge in [-0.25, -0.2) is 13.2 Å². The highest BCUT2D eigenvalue weighted by Gasteiger charge is 2.29. The largest absolute Gasteiger partial charge is 0.490 e. The predicted molar refractivity (Wildman–Crippen MR) is 213 cm³/mol. The van der Waals surface area contributed by atoms with Crippen LogP contribution in [-0.2, 0) is 42.3 Å². The van der Waals surface area contributed by atoms with E-state index in [-0.39, 0.29) is 35.5 Å². The Balaban J connectivity index is 0.885. The second kappa shape index (κ2) is 17.5. The summed E-state index contributed by atoms with van der Waals surface area (Å²) in [5, 5.41) is 6.72. The lowest BCUT2D eigenvalue weighted by molar-refractivity contribution is -0.124. The van der Waals surface area contributed by atoms with Gasteiger partial charge in [0.05, 0.1) is 49.6 Å². The van der Waals surface area contributed by atoms with E-state index in [1.54, 1.807) is 40.6 Å². The molecule has 14 nitrogen and oxygen atoms in total. The highest BCUT2D eigenvalue weighted by atomic mass is 32.2. The molecule has 1 fully saturated rings. The lowest BCUT2D eigenvalue weighted by atomic mass is 10.0. The second-order valence-electron chi connectivity index (χ2n) is 13.6. The Morgan fingerprint density at radius 1 is 0.945 bits per heavy atom. The summed E-state index contributed by atoms with van der Waals surface area (Å²) in [6, 6.07) is 16.0. The maximum Gasteiger partial charge on any atom is 0.329 e. The van der Waals surface area contributed by atoms with E-state index in [9.17, 15) is 18.0 Å². The maximum absolute atomic E-state index is 13.0. The molecule has 1 amide bonds. The molecule has 0 radical (unpaired) electrons. The van der Waals surface area contributed by atoms with Crippen molar-refractivity contribution < 1.29 is 32.2 Å². The van der Waals surface area contributed by atoms with Crippen LogP contribution in [0, 0.1) is 6.92 Å². The fraction of sp³-hybridized carbons (Fsp3) is 0.375. The summed E-state index contributed by atoms with van der Waals surface area (Å²) >= 11 is 0. The summed E-state index contributed by atoms with van der Waals surface area (Å²) < 4.78 is 51.5. The number of ether oxygens (including phenoxy) is 4. The van der Waals surface area contributed by atoms with Crippen molar-refractivity contribution in [1.82, 2.24) is 19.4 Å². The van der Waals surface area contributed by atoms with Crippen LogP contribution >= 0.6 is 0 Å². The Labute approximate surface area is 320 Å². The van der Waals surface area contributed by atoms with Gasteiger partial charge in [0.1, 0.15) is 23.3 Å². The van der Waals surface area contributed by atoms with Gasteiger partial charge in [-0.05, 0) is 80.1 Å². The van der Waals surface area contributed by atoms with Crippen molar-refractivity contribution >= 4 is 54.7 Å². The van der Waals surface area contributed by atoms with Crippen LogP contribution in [-0.4, -0.2) is 80.9 Å². The van der Waals surface area contributed by atoms with E-state index in [2.05, 4.69) is 22.2 Å². The van der Waals surface area contributed by atoms with Gasteiger partial charge < -0.3 is 35.3 Å². The van der Waals surface area contributed by atoms with Crippen LogP contribution in [0.15, 0.2) is 82.8 Å². The number of benzene rings is 3. The molecular weight excluding hydrogens is 725 g/mol. The van der Waals surface area contributed by atoms with Gasteiger partial charge in [-0.3, -0.25) is 18.9 Å². The number of imidazole rings is 1. The standard InChI is InChI=1S/C40H48N6O8S/c1-26-7-10-29(23-31(26)41)44-32-13-14-42-33-25-37(38(24-30(32)33)55(4,49)50)54-21-20-53-19-18-52-17-16-51-15-5-6-28-9-12-34-36(22-28)45(3)40(48)46(34)35-11-8-27(2)43-39(35)47/h7,9-10,12-14,22-25,35H,2,5-6,8,11,15-21,41H2,1,3-4H3,(H,42,44)(H,43,47). The summed E-state index contributed by atoms with van der Waals surface area (Å²) in [5.41, 5.74) is 12.8. The number of nitrogens with zero attached hydrogens (tertiary/aromatic N) is 3. The number of aromatic nitrogens is 3. The normalized spacial score (nSPS) is 14.8. The molecule has 1 unspecified atom stereocenters. The van der Waals surface area contributed by atoms with Crippen molar-refractivity contribution in [2.45, 2.75) is 43.5 Å². The third kappa shape index (κ3) is 9.54. The smallest absolute Gasteiger partial charge is 0.329 e. The number of fused-ring (bicyclic) bond motifs is 2. The number of nitrogens with two attached hydrogens (primary N) is 1. The molecule has 5 aromatic rings. The number of piperidine rings is 1. The number of carbonyl (C=O) groups excluding carboxylic acids is 1. The highest BCUT2D eigenvalue weighted by molar-refractivity contribution is 7.90. The predicted octanol–water partition coefficient (Wildman–Crippen LogP) is 4.95. The fourth-order valence-corrected chi connectivity index (χ4v) is 7.36. The number of amides is 1. The first kappa shape index (κ1) is 39.5. The molecule has 0 saturated carbocycles. The first-order chi connectivity index (χ1) is 26.4. The quantitative estimate of drug-likeness (QED) is 0.0811. The number of sulfone groups is 1. The molecule has 1 aliphatic rings. The number of rotatable bonds is 18. The van der Waals surface area contributed by atoms with Crippen molar-refractivity contribution in [3.63, 3.8) is 0 Å². The van der Waals surface area contributed by atoms with Crippen LogP contribution in [0.25, 0.3) is 21.9 Å². The number of aryl methyl sites for hydroxylation is 3. The van der Waals surface area contributed by atoms with Gasteiger partial charge in [0.25, 0.3) is 0 Å². The van der Waals surface area contributed by atoms with E-state index in [1.807, 2.05) is 43.3 Å². The van der Waals surface area contributed by atoms with Gasteiger partial charge in [0.2, 0.25) is 5.91 Å². The molecule has 55 heavy (non-hydrogen) atoms. The third-order valence-electron chi connectivity index (χ3n) is 9.54. The van der Waals surface area contributed by atoms with Crippen molar-refractivity contribution in [3.8, 4) is 5.75 Å². The van der Waals surface area contributed by atoms with E-state index < -0.39 is 15.9 Å².